The maximum Gasteiger partial charge on any atom is 0.252 e. The Morgan fingerprint density at radius 1 is 1.04 bits per heavy atom. The molecule has 2 aromatic carbocycles. The second-order valence-corrected chi connectivity index (χ2v) is 8.93. The maximum atomic E-state index is 11.9. The molecule has 4 nitrogen and oxygen atoms in total. The van der Waals surface area contributed by atoms with E-state index in [9.17, 15) is 4.79 Å². The largest absolute Gasteiger partial charge is 0.333 e. The molecule has 2 atom stereocenters. The number of halogens is 3. The Morgan fingerprint density at radius 3 is 2.50 bits per heavy atom. The van der Waals surface area contributed by atoms with Crippen LogP contribution in [0.3, 0.4) is 0 Å². The Hall–Kier alpha value is -1.66. The van der Waals surface area contributed by atoms with Crippen molar-refractivity contribution in [3.05, 3.63) is 91.3 Å². The average Bonchev–Trinajstić information content (AvgIpc) is 2.68. The number of thioether (sulfide) groups is 1. The van der Waals surface area contributed by atoms with Gasteiger partial charge in [0.2, 0.25) is 5.95 Å². The van der Waals surface area contributed by atoms with Crippen LogP contribution in [0, 0.1) is 0 Å². The molecule has 1 aliphatic heterocycles. The Labute approximate surface area is 181 Å². The number of aromatic nitrogens is 2. The number of rotatable bonds is 3. The van der Waals surface area contributed by atoms with E-state index >= 15 is 0 Å². The van der Waals surface area contributed by atoms with Gasteiger partial charge in [-0.3, -0.25) is 9.78 Å². The van der Waals surface area contributed by atoms with Gasteiger partial charge in [-0.2, -0.15) is 0 Å². The van der Waals surface area contributed by atoms with Crippen molar-refractivity contribution in [2.24, 2.45) is 0 Å². The molecular formula is C20H16Cl3N3OS. The van der Waals surface area contributed by atoms with Crippen LogP contribution >= 0.6 is 46.6 Å². The first-order valence-corrected chi connectivity index (χ1v) is 10.9. The van der Waals surface area contributed by atoms with Gasteiger partial charge >= 0.3 is 0 Å². The highest BCUT2D eigenvalue weighted by Crippen LogP contribution is 2.49. The standard InChI is InChI=1S/C20H16Cl3N3OS/c21-13-3-1-12(2-4-13)18-19(15-6-5-14(22)11-16(15)23)28-10-9-26(18)20-24-8-7-17(27)25-20/h1-8,11,18-19H,9-10H2,(H,24,25,27). The zero-order valence-electron chi connectivity index (χ0n) is 14.6. The molecule has 4 rings (SSSR count). The van der Waals surface area contributed by atoms with E-state index in [0.717, 1.165) is 23.4 Å². The molecule has 0 spiro atoms. The topological polar surface area (TPSA) is 49.0 Å². The molecule has 1 N–H and O–H groups in total. The van der Waals surface area contributed by atoms with Gasteiger partial charge in [0.15, 0.2) is 0 Å². The predicted molar refractivity (Wildman–Crippen MR) is 118 cm³/mol. The molecule has 0 aliphatic carbocycles. The highest BCUT2D eigenvalue weighted by molar-refractivity contribution is 7.99. The van der Waals surface area contributed by atoms with Crippen molar-refractivity contribution in [2.75, 3.05) is 17.2 Å². The van der Waals surface area contributed by atoms with E-state index in [0.29, 0.717) is 21.0 Å². The summed E-state index contributed by atoms with van der Waals surface area (Å²) >= 11 is 20.6. The quantitative estimate of drug-likeness (QED) is 0.548. The van der Waals surface area contributed by atoms with Crippen LogP contribution in [0.5, 0.6) is 0 Å². The number of hydrogen-bond donors (Lipinski definition) is 1. The summed E-state index contributed by atoms with van der Waals surface area (Å²) in [6, 6.07) is 14.7. The molecule has 1 saturated heterocycles. The summed E-state index contributed by atoms with van der Waals surface area (Å²) in [5, 5.41) is 1.93. The SMILES string of the molecule is O=c1ccnc(N2CCSC(c3ccc(Cl)cc3Cl)C2c2ccc(Cl)cc2)[nH]1. The fraction of sp³-hybridized carbons (Fsp3) is 0.200. The second-order valence-electron chi connectivity index (χ2n) is 6.40. The molecule has 8 heteroatoms. The van der Waals surface area contributed by atoms with Crippen molar-refractivity contribution < 1.29 is 0 Å². The first kappa shape index (κ1) is 19.6. The van der Waals surface area contributed by atoms with Crippen LogP contribution in [-0.4, -0.2) is 22.3 Å². The smallest absolute Gasteiger partial charge is 0.252 e. The number of hydrogen-bond acceptors (Lipinski definition) is 4. The van der Waals surface area contributed by atoms with Crippen LogP contribution in [0.4, 0.5) is 5.95 Å². The Bertz CT molecular complexity index is 1040. The van der Waals surface area contributed by atoms with Crippen LogP contribution in [0.25, 0.3) is 0 Å². The molecular weight excluding hydrogens is 437 g/mol. The molecule has 1 aromatic heterocycles. The summed E-state index contributed by atoms with van der Waals surface area (Å²) in [6.07, 6.45) is 1.53. The predicted octanol–water partition coefficient (Wildman–Crippen LogP) is 5.77. The minimum absolute atomic E-state index is 0.0326. The van der Waals surface area contributed by atoms with Gasteiger partial charge in [-0.1, -0.05) is 53.0 Å². The summed E-state index contributed by atoms with van der Waals surface area (Å²) in [7, 11) is 0. The summed E-state index contributed by atoms with van der Waals surface area (Å²) in [5.74, 6) is 1.41. The van der Waals surface area contributed by atoms with Crippen LogP contribution in [0.15, 0.2) is 59.5 Å². The zero-order chi connectivity index (χ0) is 19.7. The van der Waals surface area contributed by atoms with Crippen molar-refractivity contribution >= 4 is 52.5 Å². The summed E-state index contributed by atoms with van der Waals surface area (Å²) in [4.78, 5) is 21.3. The lowest BCUT2D eigenvalue weighted by Crippen LogP contribution is -2.39. The lowest BCUT2D eigenvalue weighted by Gasteiger charge is -2.42. The molecule has 144 valence electrons. The molecule has 0 amide bonds. The van der Waals surface area contributed by atoms with Gasteiger partial charge in [-0.15, -0.1) is 11.8 Å². The third-order valence-corrected chi connectivity index (χ3v) is 6.77. The van der Waals surface area contributed by atoms with Crippen LogP contribution in [0.1, 0.15) is 22.4 Å². The zero-order valence-corrected chi connectivity index (χ0v) is 17.7. The number of benzene rings is 2. The Morgan fingerprint density at radius 2 is 1.79 bits per heavy atom. The third-order valence-electron chi connectivity index (χ3n) is 4.66. The number of nitrogens with zero attached hydrogens (tertiary/aromatic N) is 2. The van der Waals surface area contributed by atoms with E-state index in [4.69, 9.17) is 34.8 Å². The summed E-state index contributed by atoms with van der Waals surface area (Å²) < 4.78 is 0. The number of aromatic amines is 1. The first-order chi connectivity index (χ1) is 13.5. The van der Waals surface area contributed by atoms with E-state index in [1.54, 1.807) is 6.07 Å². The molecule has 0 bridgehead atoms. The van der Waals surface area contributed by atoms with Crippen molar-refractivity contribution in [1.29, 1.82) is 0 Å². The van der Waals surface area contributed by atoms with Crippen molar-refractivity contribution in [1.82, 2.24) is 9.97 Å². The monoisotopic (exact) mass is 451 g/mol. The van der Waals surface area contributed by atoms with Gasteiger partial charge in [0.1, 0.15) is 0 Å². The molecule has 1 aliphatic rings. The van der Waals surface area contributed by atoms with Gasteiger partial charge in [0.05, 0.1) is 11.3 Å². The lowest BCUT2D eigenvalue weighted by molar-refractivity contribution is 0.590. The molecule has 3 aromatic rings. The van der Waals surface area contributed by atoms with E-state index < -0.39 is 0 Å². The Balaban J connectivity index is 1.84. The average molecular weight is 453 g/mol. The minimum atomic E-state index is -0.181. The molecule has 2 heterocycles. The van der Waals surface area contributed by atoms with Crippen molar-refractivity contribution in [3.63, 3.8) is 0 Å². The van der Waals surface area contributed by atoms with Crippen molar-refractivity contribution in [3.8, 4) is 0 Å². The van der Waals surface area contributed by atoms with E-state index in [1.165, 1.54) is 12.3 Å². The maximum absolute atomic E-state index is 11.9. The highest BCUT2D eigenvalue weighted by atomic mass is 35.5. The number of nitrogens with one attached hydrogen (secondary N) is 1. The van der Waals surface area contributed by atoms with Gasteiger partial charge in [-0.05, 0) is 35.4 Å². The molecule has 1 fully saturated rings. The summed E-state index contributed by atoms with van der Waals surface area (Å²) in [5.41, 5.74) is 1.89. The van der Waals surface area contributed by atoms with E-state index in [-0.39, 0.29) is 16.9 Å². The van der Waals surface area contributed by atoms with E-state index in [2.05, 4.69) is 14.9 Å². The summed E-state index contributed by atoms with van der Waals surface area (Å²) in [6.45, 7) is 0.743. The minimum Gasteiger partial charge on any atom is -0.333 e. The number of H-pyrrole nitrogens is 1. The van der Waals surface area contributed by atoms with Crippen LogP contribution in [-0.2, 0) is 0 Å². The first-order valence-electron chi connectivity index (χ1n) is 8.67. The molecule has 0 saturated carbocycles. The van der Waals surface area contributed by atoms with Crippen molar-refractivity contribution in [2.45, 2.75) is 11.3 Å². The van der Waals surface area contributed by atoms with Gasteiger partial charge in [0, 0.05) is 39.6 Å². The second kappa shape index (κ2) is 8.37. The normalized spacial score (nSPS) is 19.6. The fourth-order valence-corrected chi connectivity index (χ4v) is 5.57. The number of anilines is 1. The van der Waals surface area contributed by atoms with Gasteiger partial charge < -0.3 is 4.90 Å². The van der Waals surface area contributed by atoms with Crippen LogP contribution < -0.4 is 10.5 Å². The Kier molecular flexibility index (Phi) is 5.88. The van der Waals surface area contributed by atoms with Gasteiger partial charge in [0.25, 0.3) is 5.56 Å². The lowest BCUT2D eigenvalue weighted by atomic mass is 9.96. The van der Waals surface area contributed by atoms with Crippen LogP contribution in [0.2, 0.25) is 15.1 Å². The van der Waals surface area contributed by atoms with E-state index in [1.807, 2.05) is 48.2 Å². The molecule has 28 heavy (non-hydrogen) atoms. The fourth-order valence-electron chi connectivity index (χ4n) is 3.42. The highest BCUT2D eigenvalue weighted by Gasteiger charge is 2.36. The van der Waals surface area contributed by atoms with Gasteiger partial charge in [-0.25, -0.2) is 4.98 Å². The third kappa shape index (κ3) is 4.03. The molecule has 0 radical (unpaired) electrons. The molecule has 2 unspecified atom stereocenters.